The number of nitrogens with zero attached hydrogens (tertiary/aromatic N) is 2. The van der Waals surface area contributed by atoms with E-state index in [-0.39, 0.29) is 22.8 Å². The second-order valence-corrected chi connectivity index (χ2v) is 7.57. The van der Waals surface area contributed by atoms with Gasteiger partial charge in [-0.05, 0) is 38.1 Å². The molecular formula is C23H21N3O3. The number of fused-ring (bicyclic) bond motifs is 3. The molecule has 2 aromatic heterocycles. The number of nitrogens with one attached hydrogen (secondary N) is 1. The number of aromatic amines is 1. The average Bonchev–Trinajstić information content (AvgIpc) is 3.14. The third kappa shape index (κ3) is 3.36. The minimum Gasteiger partial charge on any atom is -0.449 e. The number of benzene rings is 2. The van der Waals surface area contributed by atoms with E-state index in [4.69, 9.17) is 4.42 Å². The number of carbonyl (C=O) groups excluding carboxylic acids is 1. The monoisotopic (exact) mass is 387 g/mol. The normalized spacial score (nSPS) is 15.9. The molecule has 0 saturated carbocycles. The summed E-state index contributed by atoms with van der Waals surface area (Å²) in [5, 5.41) is 0.849. The Hall–Kier alpha value is -3.25. The molecular weight excluding hydrogens is 366 g/mol. The second-order valence-electron chi connectivity index (χ2n) is 7.57. The first-order chi connectivity index (χ1) is 14.2. The number of rotatable bonds is 4. The van der Waals surface area contributed by atoms with Crippen molar-refractivity contribution in [1.29, 1.82) is 0 Å². The molecule has 6 nitrogen and oxygen atoms in total. The molecule has 2 aromatic carbocycles. The van der Waals surface area contributed by atoms with E-state index in [0.29, 0.717) is 23.5 Å². The molecule has 146 valence electrons. The topological polar surface area (TPSA) is 79.2 Å². The minimum atomic E-state index is -0.254. The van der Waals surface area contributed by atoms with Crippen molar-refractivity contribution < 1.29 is 9.21 Å². The molecule has 3 heterocycles. The summed E-state index contributed by atoms with van der Waals surface area (Å²) in [5.74, 6) is 0.908. The van der Waals surface area contributed by atoms with Gasteiger partial charge in [0.25, 0.3) is 5.56 Å². The van der Waals surface area contributed by atoms with Gasteiger partial charge in [-0.3, -0.25) is 14.5 Å². The van der Waals surface area contributed by atoms with E-state index >= 15 is 0 Å². The number of hydrogen-bond donors (Lipinski definition) is 1. The van der Waals surface area contributed by atoms with Crippen molar-refractivity contribution >= 4 is 27.9 Å². The van der Waals surface area contributed by atoms with E-state index in [9.17, 15) is 9.59 Å². The lowest BCUT2D eigenvalue weighted by molar-refractivity contribution is 0.0833. The number of carbonyl (C=O) groups is 1. The van der Waals surface area contributed by atoms with Crippen molar-refractivity contribution in [2.75, 3.05) is 13.1 Å². The first-order valence-electron chi connectivity index (χ1n) is 9.91. The van der Waals surface area contributed by atoms with Crippen LogP contribution in [0, 0.1) is 5.92 Å². The predicted molar refractivity (Wildman–Crippen MR) is 111 cm³/mol. The molecule has 4 aromatic rings. The SMILES string of the molecule is O=C(c1ccccc1)C1CCN(Cc2nc3c(oc4ccccc43)c(=O)[nH]2)CC1. The fraction of sp³-hybridized carbons (Fsp3) is 0.261. The van der Waals surface area contributed by atoms with Gasteiger partial charge in [0.15, 0.2) is 5.78 Å². The number of Topliss-reactive ketones (excluding diaryl/α,β-unsaturated/α-hetero) is 1. The number of piperidine rings is 1. The summed E-state index contributed by atoms with van der Waals surface area (Å²) in [5.41, 5.74) is 2.07. The third-order valence-electron chi connectivity index (χ3n) is 5.67. The highest BCUT2D eigenvalue weighted by atomic mass is 16.3. The van der Waals surface area contributed by atoms with E-state index in [1.54, 1.807) is 0 Å². The maximum atomic E-state index is 12.7. The first-order valence-corrected chi connectivity index (χ1v) is 9.91. The number of H-pyrrole nitrogens is 1. The summed E-state index contributed by atoms with van der Waals surface area (Å²) >= 11 is 0. The number of hydrogen-bond acceptors (Lipinski definition) is 5. The molecule has 0 radical (unpaired) electrons. The molecule has 0 spiro atoms. The van der Waals surface area contributed by atoms with Crippen LogP contribution in [0.1, 0.15) is 29.0 Å². The van der Waals surface area contributed by atoms with Crippen molar-refractivity contribution in [3.05, 3.63) is 76.3 Å². The van der Waals surface area contributed by atoms with Gasteiger partial charge < -0.3 is 9.40 Å². The average molecular weight is 387 g/mol. The van der Waals surface area contributed by atoms with Gasteiger partial charge in [0.1, 0.15) is 16.9 Å². The van der Waals surface area contributed by atoms with Crippen LogP contribution in [0.25, 0.3) is 22.1 Å². The Labute approximate surface area is 167 Å². The summed E-state index contributed by atoms with van der Waals surface area (Å²) in [6.07, 6.45) is 1.63. The number of ketones is 1. The molecule has 0 amide bonds. The summed E-state index contributed by atoms with van der Waals surface area (Å²) < 4.78 is 5.65. The molecule has 1 saturated heterocycles. The smallest absolute Gasteiger partial charge is 0.294 e. The molecule has 5 rings (SSSR count). The predicted octanol–water partition coefficient (Wildman–Crippen LogP) is 3.76. The Morgan fingerprint density at radius 1 is 1.07 bits per heavy atom. The fourth-order valence-corrected chi connectivity index (χ4v) is 4.13. The zero-order valence-corrected chi connectivity index (χ0v) is 15.9. The van der Waals surface area contributed by atoms with E-state index in [2.05, 4.69) is 14.9 Å². The molecule has 0 unspecified atom stereocenters. The molecule has 0 atom stereocenters. The molecule has 0 aliphatic carbocycles. The van der Waals surface area contributed by atoms with Gasteiger partial charge in [-0.25, -0.2) is 4.98 Å². The van der Waals surface area contributed by atoms with Crippen molar-refractivity contribution in [1.82, 2.24) is 14.9 Å². The maximum absolute atomic E-state index is 12.7. The summed E-state index contributed by atoms with van der Waals surface area (Å²) in [4.78, 5) is 34.9. The van der Waals surface area contributed by atoms with Crippen LogP contribution in [-0.4, -0.2) is 33.7 Å². The van der Waals surface area contributed by atoms with Crippen molar-refractivity contribution in [2.45, 2.75) is 19.4 Å². The summed E-state index contributed by atoms with van der Waals surface area (Å²) in [6, 6.07) is 17.0. The van der Waals surface area contributed by atoms with Gasteiger partial charge in [-0.2, -0.15) is 0 Å². The standard InChI is InChI=1S/C23H21N3O3/c27-21(15-6-2-1-3-7-15)16-10-12-26(13-11-16)14-19-24-20-17-8-4-5-9-18(17)29-22(20)23(28)25-19/h1-9,16H,10-14H2,(H,24,25,28). The first kappa shape index (κ1) is 17.8. The Bertz CT molecular complexity index is 1230. The summed E-state index contributed by atoms with van der Waals surface area (Å²) in [6.45, 7) is 2.16. The molecule has 6 heteroatoms. The number of likely N-dealkylation sites (tertiary alicyclic amines) is 1. The number of aromatic nitrogens is 2. The van der Waals surface area contributed by atoms with Gasteiger partial charge in [-0.15, -0.1) is 0 Å². The van der Waals surface area contributed by atoms with E-state index in [1.165, 1.54) is 0 Å². The Morgan fingerprint density at radius 2 is 1.79 bits per heavy atom. The van der Waals surface area contributed by atoms with Crippen molar-refractivity contribution in [3.63, 3.8) is 0 Å². The fourth-order valence-electron chi connectivity index (χ4n) is 4.13. The Morgan fingerprint density at radius 3 is 2.59 bits per heavy atom. The molecule has 1 aliphatic rings. The highest BCUT2D eigenvalue weighted by molar-refractivity contribution is 6.01. The van der Waals surface area contributed by atoms with Crippen LogP contribution in [0.2, 0.25) is 0 Å². The van der Waals surface area contributed by atoms with Gasteiger partial charge in [-0.1, -0.05) is 42.5 Å². The molecule has 29 heavy (non-hydrogen) atoms. The van der Waals surface area contributed by atoms with Crippen LogP contribution in [0.5, 0.6) is 0 Å². The van der Waals surface area contributed by atoms with E-state index in [1.807, 2.05) is 54.6 Å². The zero-order valence-electron chi connectivity index (χ0n) is 15.9. The van der Waals surface area contributed by atoms with Gasteiger partial charge in [0.05, 0.1) is 6.54 Å². The third-order valence-corrected chi connectivity index (χ3v) is 5.67. The van der Waals surface area contributed by atoms with Gasteiger partial charge in [0.2, 0.25) is 5.58 Å². The van der Waals surface area contributed by atoms with Crippen LogP contribution in [0.3, 0.4) is 0 Å². The van der Waals surface area contributed by atoms with Crippen LogP contribution >= 0.6 is 0 Å². The Balaban J connectivity index is 1.31. The molecule has 0 bridgehead atoms. The Kier molecular flexibility index (Phi) is 4.48. The summed E-state index contributed by atoms with van der Waals surface area (Å²) in [7, 11) is 0. The van der Waals surface area contributed by atoms with Crippen LogP contribution < -0.4 is 5.56 Å². The number of para-hydroxylation sites is 1. The van der Waals surface area contributed by atoms with Crippen LogP contribution in [0.15, 0.2) is 63.8 Å². The molecule has 1 aliphatic heterocycles. The largest absolute Gasteiger partial charge is 0.449 e. The van der Waals surface area contributed by atoms with Gasteiger partial charge >= 0.3 is 0 Å². The van der Waals surface area contributed by atoms with Crippen LogP contribution in [-0.2, 0) is 6.54 Å². The quantitative estimate of drug-likeness (QED) is 0.539. The lowest BCUT2D eigenvalue weighted by Gasteiger charge is -2.30. The van der Waals surface area contributed by atoms with Crippen LogP contribution in [0.4, 0.5) is 0 Å². The minimum absolute atomic E-state index is 0.0564. The van der Waals surface area contributed by atoms with E-state index < -0.39 is 0 Å². The molecule has 1 fully saturated rings. The van der Waals surface area contributed by atoms with Crippen molar-refractivity contribution in [3.8, 4) is 0 Å². The lowest BCUT2D eigenvalue weighted by Crippen LogP contribution is -2.36. The second kappa shape index (κ2) is 7.29. The zero-order chi connectivity index (χ0) is 19.8. The van der Waals surface area contributed by atoms with Crippen molar-refractivity contribution in [2.24, 2.45) is 5.92 Å². The number of furan rings is 1. The maximum Gasteiger partial charge on any atom is 0.294 e. The van der Waals surface area contributed by atoms with Gasteiger partial charge in [0, 0.05) is 16.9 Å². The highest BCUT2D eigenvalue weighted by Crippen LogP contribution is 2.25. The molecule has 1 N–H and O–H groups in total. The van der Waals surface area contributed by atoms with E-state index in [0.717, 1.165) is 36.9 Å². The highest BCUT2D eigenvalue weighted by Gasteiger charge is 2.26. The lowest BCUT2D eigenvalue weighted by atomic mass is 9.89.